The van der Waals surface area contributed by atoms with Gasteiger partial charge in [-0.1, -0.05) is 6.07 Å². The summed E-state index contributed by atoms with van der Waals surface area (Å²) in [6, 6.07) is 12.8. The summed E-state index contributed by atoms with van der Waals surface area (Å²) in [5.41, 5.74) is 0.814. The molecule has 1 aliphatic heterocycles. The fraction of sp³-hybridized carbons (Fsp3) is 0.350. The van der Waals surface area contributed by atoms with Crippen LogP contribution in [0.1, 0.15) is 17.3 Å². The van der Waals surface area contributed by atoms with E-state index in [1.54, 1.807) is 48.4 Å². The number of amides is 1. The fourth-order valence-corrected chi connectivity index (χ4v) is 4.34. The van der Waals surface area contributed by atoms with Crippen LogP contribution in [0.3, 0.4) is 0 Å². The van der Waals surface area contributed by atoms with Crippen molar-refractivity contribution in [2.24, 2.45) is 0 Å². The van der Waals surface area contributed by atoms with Gasteiger partial charge in [0.2, 0.25) is 0 Å². The van der Waals surface area contributed by atoms with Gasteiger partial charge in [0.15, 0.2) is 0 Å². The van der Waals surface area contributed by atoms with Crippen LogP contribution in [0.15, 0.2) is 53.4 Å². The van der Waals surface area contributed by atoms with Crippen molar-refractivity contribution in [3.8, 4) is 5.75 Å². The summed E-state index contributed by atoms with van der Waals surface area (Å²) in [6.45, 7) is 6.38. The second-order valence-electron chi connectivity index (χ2n) is 6.76. The molecule has 1 saturated heterocycles. The average molecular weight is 405 g/mol. The zero-order chi connectivity index (χ0) is 20.1. The third-order valence-electron chi connectivity index (χ3n) is 4.99. The molecule has 2 N–H and O–H groups in total. The lowest BCUT2D eigenvalue weighted by molar-refractivity contribution is -0.902. The topological polar surface area (TPSA) is 80.2 Å². The molecule has 2 aromatic rings. The Labute approximate surface area is 166 Å². The molecule has 2 aromatic carbocycles. The highest BCUT2D eigenvalue weighted by Gasteiger charge is 2.24. The number of likely N-dealkylation sites (N-methyl/N-ethyl adjacent to an activating group) is 1. The number of hydrogen-bond donors (Lipinski definition) is 2. The Balaban J connectivity index is 1.75. The van der Waals surface area contributed by atoms with Gasteiger partial charge < -0.3 is 14.5 Å². The Bertz CT molecular complexity index is 921. The first-order chi connectivity index (χ1) is 13.4. The first-order valence-electron chi connectivity index (χ1n) is 9.32. The standard InChI is InChI=1S/C20H25N3O4S/c1-3-22-11-13-23(14-12-22)20(24)16-5-4-6-19(15-16)28(25,26)21-17-7-9-18(27-2)10-8-17/h4-10,15,21H,3,11-14H2,1-2H3/p+1. The van der Waals surface area contributed by atoms with Gasteiger partial charge in [0.05, 0.1) is 44.7 Å². The molecule has 0 aliphatic carbocycles. The van der Waals surface area contributed by atoms with Gasteiger partial charge in [-0.3, -0.25) is 9.52 Å². The van der Waals surface area contributed by atoms with E-state index in [4.69, 9.17) is 4.74 Å². The third-order valence-corrected chi connectivity index (χ3v) is 6.37. The lowest BCUT2D eigenvalue weighted by Crippen LogP contribution is -3.14. The third kappa shape index (κ3) is 4.63. The van der Waals surface area contributed by atoms with Crippen molar-refractivity contribution in [1.82, 2.24) is 4.90 Å². The van der Waals surface area contributed by atoms with Crippen LogP contribution in [0.2, 0.25) is 0 Å². The molecule has 1 aliphatic rings. The van der Waals surface area contributed by atoms with Crippen LogP contribution >= 0.6 is 0 Å². The highest BCUT2D eigenvalue weighted by atomic mass is 32.2. The van der Waals surface area contributed by atoms with Crippen molar-refractivity contribution in [3.05, 3.63) is 54.1 Å². The Morgan fingerprint density at radius 3 is 2.43 bits per heavy atom. The summed E-state index contributed by atoms with van der Waals surface area (Å²) >= 11 is 0. The van der Waals surface area contributed by atoms with E-state index in [0.717, 1.165) is 19.6 Å². The quantitative estimate of drug-likeness (QED) is 0.748. The predicted octanol–water partition coefficient (Wildman–Crippen LogP) is 0.857. The molecule has 0 bridgehead atoms. The number of hydrogen-bond acceptors (Lipinski definition) is 4. The second-order valence-corrected chi connectivity index (χ2v) is 8.44. The smallest absolute Gasteiger partial charge is 0.261 e. The summed E-state index contributed by atoms with van der Waals surface area (Å²) in [5.74, 6) is 0.511. The van der Waals surface area contributed by atoms with Gasteiger partial charge in [0.25, 0.3) is 15.9 Å². The second kappa shape index (κ2) is 8.62. The van der Waals surface area contributed by atoms with E-state index in [-0.39, 0.29) is 10.8 Å². The zero-order valence-electron chi connectivity index (χ0n) is 16.1. The number of carbonyl (C=O) groups is 1. The van der Waals surface area contributed by atoms with E-state index in [0.29, 0.717) is 30.1 Å². The Morgan fingerprint density at radius 2 is 1.82 bits per heavy atom. The first-order valence-corrected chi connectivity index (χ1v) is 10.8. The zero-order valence-corrected chi connectivity index (χ0v) is 17.0. The molecular formula is C20H26N3O4S+. The Hall–Kier alpha value is -2.58. The van der Waals surface area contributed by atoms with Crippen LogP contribution < -0.4 is 14.4 Å². The number of benzene rings is 2. The number of piperazine rings is 1. The number of ether oxygens (including phenoxy) is 1. The molecule has 0 spiro atoms. The summed E-state index contributed by atoms with van der Waals surface area (Å²) in [5, 5.41) is 0. The molecular weight excluding hydrogens is 378 g/mol. The van der Waals surface area contributed by atoms with E-state index in [1.165, 1.54) is 17.0 Å². The number of sulfonamides is 1. The maximum absolute atomic E-state index is 12.8. The lowest BCUT2D eigenvalue weighted by atomic mass is 10.2. The molecule has 0 atom stereocenters. The van der Waals surface area contributed by atoms with Crippen molar-refractivity contribution in [2.45, 2.75) is 11.8 Å². The number of nitrogens with one attached hydrogen (secondary N) is 2. The average Bonchev–Trinajstić information content (AvgIpc) is 2.73. The van der Waals surface area contributed by atoms with E-state index in [9.17, 15) is 13.2 Å². The number of methoxy groups -OCH3 is 1. The molecule has 1 amide bonds. The van der Waals surface area contributed by atoms with Crippen LogP contribution in [0.4, 0.5) is 5.69 Å². The van der Waals surface area contributed by atoms with Crippen LogP contribution in [0.25, 0.3) is 0 Å². The highest BCUT2D eigenvalue weighted by molar-refractivity contribution is 7.92. The molecule has 1 fully saturated rings. The number of nitrogens with zero attached hydrogens (tertiary/aromatic N) is 1. The molecule has 0 unspecified atom stereocenters. The van der Waals surface area contributed by atoms with E-state index in [2.05, 4.69) is 11.6 Å². The van der Waals surface area contributed by atoms with E-state index in [1.807, 2.05) is 0 Å². The summed E-state index contributed by atoms with van der Waals surface area (Å²) in [6.07, 6.45) is 0. The molecule has 8 heteroatoms. The minimum Gasteiger partial charge on any atom is -0.497 e. The number of rotatable bonds is 6. The van der Waals surface area contributed by atoms with E-state index < -0.39 is 10.0 Å². The van der Waals surface area contributed by atoms with Gasteiger partial charge in [-0.25, -0.2) is 8.42 Å². The minimum atomic E-state index is -3.80. The largest absolute Gasteiger partial charge is 0.497 e. The van der Waals surface area contributed by atoms with Gasteiger partial charge in [0.1, 0.15) is 5.75 Å². The van der Waals surface area contributed by atoms with Crippen LogP contribution in [0.5, 0.6) is 5.75 Å². The maximum Gasteiger partial charge on any atom is 0.261 e. The molecule has 1 heterocycles. The number of carbonyl (C=O) groups excluding carboxylic acids is 1. The summed E-state index contributed by atoms with van der Waals surface area (Å²) in [7, 11) is -2.25. The number of quaternary nitrogens is 1. The highest BCUT2D eigenvalue weighted by Crippen LogP contribution is 2.20. The lowest BCUT2D eigenvalue weighted by Gasteiger charge is -2.31. The summed E-state index contributed by atoms with van der Waals surface area (Å²) in [4.78, 5) is 16.1. The molecule has 3 rings (SSSR count). The van der Waals surface area contributed by atoms with Crippen molar-refractivity contribution in [2.75, 3.05) is 44.6 Å². The summed E-state index contributed by atoms with van der Waals surface area (Å²) < 4.78 is 33.0. The molecule has 7 nitrogen and oxygen atoms in total. The van der Waals surface area contributed by atoms with Gasteiger partial charge >= 0.3 is 0 Å². The monoisotopic (exact) mass is 404 g/mol. The Morgan fingerprint density at radius 1 is 1.14 bits per heavy atom. The van der Waals surface area contributed by atoms with Crippen molar-refractivity contribution < 1.29 is 22.8 Å². The number of anilines is 1. The van der Waals surface area contributed by atoms with Crippen LogP contribution in [-0.2, 0) is 10.0 Å². The fourth-order valence-electron chi connectivity index (χ4n) is 3.23. The van der Waals surface area contributed by atoms with Crippen molar-refractivity contribution >= 4 is 21.6 Å². The van der Waals surface area contributed by atoms with Crippen molar-refractivity contribution in [3.63, 3.8) is 0 Å². The molecule has 0 aromatic heterocycles. The predicted molar refractivity (Wildman–Crippen MR) is 107 cm³/mol. The molecule has 150 valence electrons. The SMILES string of the molecule is CC[NH+]1CCN(C(=O)c2cccc(S(=O)(=O)Nc3ccc(OC)cc3)c2)CC1. The molecule has 0 radical (unpaired) electrons. The van der Waals surface area contributed by atoms with Crippen LogP contribution in [-0.4, -0.2) is 59.1 Å². The van der Waals surface area contributed by atoms with Gasteiger partial charge in [-0.15, -0.1) is 0 Å². The van der Waals surface area contributed by atoms with Gasteiger partial charge in [0, 0.05) is 11.3 Å². The van der Waals surface area contributed by atoms with Crippen LogP contribution in [0, 0.1) is 0 Å². The normalized spacial score (nSPS) is 15.3. The molecule has 28 heavy (non-hydrogen) atoms. The Kier molecular flexibility index (Phi) is 6.21. The minimum absolute atomic E-state index is 0.0620. The van der Waals surface area contributed by atoms with E-state index >= 15 is 0 Å². The maximum atomic E-state index is 12.8. The van der Waals surface area contributed by atoms with Gasteiger partial charge in [-0.2, -0.15) is 0 Å². The molecule has 0 saturated carbocycles. The van der Waals surface area contributed by atoms with Crippen molar-refractivity contribution in [1.29, 1.82) is 0 Å². The van der Waals surface area contributed by atoms with Gasteiger partial charge in [-0.05, 0) is 49.4 Å². The first kappa shape index (κ1) is 20.2.